The van der Waals surface area contributed by atoms with E-state index in [1.165, 1.54) is 17.8 Å². The van der Waals surface area contributed by atoms with E-state index in [2.05, 4.69) is 79.2 Å². The van der Waals surface area contributed by atoms with Crippen LogP contribution in [0.25, 0.3) is 0 Å². The zero-order valence-corrected chi connectivity index (χ0v) is 29.0. The summed E-state index contributed by atoms with van der Waals surface area (Å²) >= 11 is 6.53. The number of hydrogen-bond donors (Lipinski definition) is 2. The molecule has 10 heteroatoms. The van der Waals surface area contributed by atoms with Crippen LogP contribution in [0, 0.1) is 11.7 Å². The van der Waals surface area contributed by atoms with E-state index in [1.54, 1.807) is 24.4 Å². The summed E-state index contributed by atoms with van der Waals surface area (Å²) in [5.41, 5.74) is 2.37. The molecule has 2 N–H and O–H groups in total. The number of aromatic nitrogens is 1. The minimum absolute atomic E-state index is 0.00194. The maximum Gasteiger partial charge on any atom is 0.257 e. The molecule has 3 atom stereocenters. The van der Waals surface area contributed by atoms with Crippen molar-refractivity contribution in [2.24, 2.45) is 10.9 Å². The zero-order chi connectivity index (χ0) is 32.2. The molecule has 1 amide bonds. The molecule has 2 aromatic rings. The SMILES string of the molecule is CC/C=C1/N=CC(NC(C)c2cc(NC(=O)c3cnc(N4CCN(C)CC4)c(Cl)c3)ccc2F)P/C1=C\CC(C)C.CCC. The van der Waals surface area contributed by atoms with E-state index in [1.807, 2.05) is 13.1 Å². The number of allylic oxidation sites excluding steroid dienone is 3. The zero-order valence-electron chi connectivity index (χ0n) is 27.3. The first kappa shape index (κ1) is 35.8. The number of rotatable bonds is 9. The molecule has 0 spiro atoms. The average Bonchev–Trinajstić information content (AvgIpc) is 2.99. The van der Waals surface area contributed by atoms with Crippen LogP contribution in [0.15, 0.2) is 58.6 Å². The fraction of sp³-hybridized carbons (Fsp3) is 0.500. The van der Waals surface area contributed by atoms with Gasteiger partial charge in [0.2, 0.25) is 0 Å². The number of likely N-dealkylation sites (N-methyl/N-ethyl adjacent to an activating group) is 1. The molecule has 0 aliphatic carbocycles. The summed E-state index contributed by atoms with van der Waals surface area (Å²) in [6.45, 7) is 16.2. The summed E-state index contributed by atoms with van der Waals surface area (Å²) in [7, 11) is 2.58. The molecule has 0 radical (unpaired) electrons. The highest BCUT2D eigenvalue weighted by Gasteiger charge is 2.22. The summed E-state index contributed by atoms with van der Waals surface area (Å²) in [4.78, 5) is 26.6. The van der Waals surface area contributed by atoms with Gasteiger partial charge in [0.05, 0.1) is 22.1 Å². The Morgan fingerprint density at radius 1 is 1.14 bits per heavy atom. The highest BCUT2D eigenvalue weighted by Crippen LogP contribution is 2.39. The summed E-state index contributed by atoms with van der Waals surface area (Å²) in [5.74, 6) is 0.579. The highest BCUT2D eigenvalue weighted by atomic mass is 35.5. The molecule has 2 aliphatic heterocycles. The van der Waals surface area contributed by atoms with Crippen LogP contribution in [0.5, 0.6) is 0 Å². The van der Waals surface area contributed by atoms with Gasteiger partial charge in [-0.25, -0.2) is 9.37 Å². The number of nitrogens with one attached hydrogen (secondary N) is 2. The van der Waals surface area contributed by atoms with Crippen molar-refractivity contribution in [3.8, 4) is 0 Å². The molecule has 1 aromatic carbocycles. The van der Waals surface area contributed by atoms with Gasteiger partial charge in [0.25, 0.3) is 5.91 Å². The van der Waals surface area contributed by atoms with Crippen LogP contribution >= 0.6 is 20.2 Å². The molecule has 44 heavy (non-hydrogen) atoms. The van der Waals surface area contributed by atoms with Gasteiger partial charge in [0.15, 0.2) is 0 Å². The number of nitrogens with zero attached hydrogens (tertiary/aromatic N) is 4. The van der Waals surface area contributed by atoms with Crippen LogP contribution in [0.1, 0.15) is 82.8 Å². The Balaban J connectivity index is 0.00000169. The predicted octanol–water partition coefficient (Wildman–Crippen LogP) is 8.26. The van der Waals surface area contributed by atoms with Crippen LogP contribution in [0.4, 0.5) is 15.9 Å². The van der Waals surface area contributed by atoms with Crippen LogP contribution in [0.3, 0.4) is 0 Å². The number of hydrogen-bond acceptors (Lipinski definition) is 6. The largest absolute Gasteiger partial charge is 0.353 e. The number of pyridine rings is 1. The van der Waals surface area contributed by atoms with Crippen LogP contribution in [0.2, 0.25) is 5.02 Å². The number of halogens is 2. The number of anilines is 2. The monoisotopic (exact) mass is 642 g/mol. The summed E-state index contributed by atoms with van der Waals surface area (Å²) in [6, 6.07) is 5.98. The summed E-state index contributed by atoms with van der Waals surface area (Å²) < 4.78 is 14.9. The van der Waals surface area contributed by atoms with Crippen molar-refractivity contribution in [1.29, 1.82) is 0 Å². The van der Waals surface area contributed by atoms with Crippen molar-refractivity contribution in [2.75, 3.05) is 43.4 Å². The van der Waals surface area contributed by atoms with E-state index < -0.39 is 0 Å². The van der Waals surface area contributed by atoms with E-state index in [0.29, 0.717) is 42.2 Å². The fourth-order valence-corrected chi connectivity index (χ4v) is 6.44. The minimum atomic E-state index is -0.349. The maximum atomic E-state index is 14.9. The molecule has 240 valence electrons. The van der Waals surface area contributed by atoms with E-state index in [9.17, 15) is 9.18 Å². The van der Waals surface area contributed by atoms with Gasteiger partial charge in [-0.05, 0) is 62.3 Å². The Morgan fingerprint density at radius 2 is 1.84 bits per heavy atom. The molecule has 7 nitrogen and oxygen atoms in total. The number of carbonyl (C=O) groups excluding carboxylic acids is 1. The second kappa shape index (κ2) is 17.7. The Bertz CT molecular complexity index is 1340. The number of benzene rings is 1. The first-order chi connectivity index (χ1) is 21.1. The molecule has 1 saturated heterocycles. The van der Waals surface area contributed by atoms with Crippen LogP contribution in [-0.2, 0) is 0 Å². The third kappa shape index (κ3) is 10.5. The second-order valence-corrected chi connectivity index (χ2v) is 13.6. The predicted molar refractivity (Wildman–Crippen MR) is 187 cm³/mol. The Morgan fingerprint density at radius 3 is 2.48 bits per heavy atom. The number of carbonyl (C=O) groups is 1. The van der Waals surface area contributed by atoms with E-state index in [-0.39, 0.29) is 23.5 Å². The third-order valence-electron chi connectivity index (χ3n) is 7.18. The van der Waals surface area contributed by atoms with Gasteiger partial charge in [-0.1, -0.05) is 73.4 Å². The normalized spacial score (nSPS) is 20.2. The Hall–Kier alpha value is -2.64. The van der Waals surface area contributed by atoms with Gasteiger partial charge in [-0.3, -0.25) is 15.1 Å². The average molecular weight is 643 g/mol. The molecule has 2 aliphatic rings. The third-order valence-corrected chi connectivity index (χ3v) is 8.85. The van der Waals surface area contributed by atoms with Crippen molar-refractivity contribution in [3.05, 3.63) is 75.6 Å². The van der Waals surface area contributed by atoms with Crippen molar-refractivity contribution < 1.29 is 9.18 Å². The standard InChI is InChI=1S/C31H41ClFN6OP.C3H8/c1-6-7-27-28(11-8-20(2)3)41-29(19-34-27)36-21(4)24-17-23(9-10-26(24)33)37-31(40)22-16-25(32)30(35-18-22)39-14-12-38(5)13-15-39;1-3-2/h7,9-11,16-21,29,36,41H,6,8,12-15H2,1-5H3,(H,37,40);3H2,1-2H3/b27-7+,28-11-;. The van der Waals surface area contributed by atoms with Gasteiger partial charge in [-0.15, -0.1) is 0 Å². The minimum Gasteiger partial charge on any atom is -0.353 e. The van der Waals surface area contributed by atoms with Crippen LogP contribution < -0.4 is 15.5 Å². The summed E-state index contributed by atoms with van der Waals surface area (Å²) in [6.07, 6.45) is 11.1. The fourth-order valence-electron chi connectivity index (χ4n) is 4.78. The maximum absolute atomic E-state index is 14.9. The van der Waals surface area contributed by atoms with Gasteiger partial charge >= 0.3 is 0 Å². The van der Waals surface area contributed by atoms with E-state index >= 15 is 0 Å². The lowest BCUT2D eigenvalue weighted by atomic mass is 10.1. The Kier molecular flexibility index (Phi) is 14.5. The number of piperazine rings is 1. The lowest BCUT2D eigenvalue weighted by Gasteiger charge is -2.33. The highest BCUT2D eigenvalue weighted by molar-refractivity contribution is 7.45. The molecule has 1 aromatic heterocycles. The lowest BCUT2D eigenvalue weighted by Crippen LogP contribution is -2.45. The molecule has 1 fully saturated rings. The second-order valence-electron chi connectivity index (χ2n) is 11.8. The molecule has 3 heterocycles. The van der Waals surface area contributed by atoms with Gasteiger partial charge in [0, 0.05) is 55.9 Å². The van der Waals surface area contributed by atoms with Crippen LogP contribution in [-0.4, -0.2) is 61.0 Å². The first-order valence-corrected chi connectivity index (χ1v) is 17.2. The Labute approximate surface area is 270 Å². The number of amides is 1. The molecule has 3 unspecified atom stereocenters. The van der Waals surface area contributed by atoms with Crippen molar-refractivity contribution in [3.63, 3.8) is 0 Å². The van der Waals surface area contributed by atoms with Crippen molar-refractivity contribution in [2.45, 2.75) is 72.6 Å². The smallest absolute Gasteiger partial charge is 0.257 e. The van der Waals surface area contributed by atoms with Gasteiger partial charge in [-0.2, -0.15) is 0 Å². The number of aliphatic imine (C=N–C) groups is 1. The molecule has 0 bridgehead atoms. The van der Waals surface area contributed by atoms with Crippen molar-refractivity contribution in [1.82, 2.24) is 15.2 Å². The van der Waals surface area contributed by atoms with Crippen molar-refractivity contribution >= 4 is 43.8 Å². The molecular weight excluding hydrogens is 594 g/mol. The molecule has 4 rings (SSSR count). The molecule has 0 saturated carbocycles. The lowest BCUT2D eigenvalue weighted by molar-refractivity contribution is 0.102. The van der Waals surface area contributed by atoms with E-state index in [0.717, 1.165) is 44.7 Å². The van der Waals surface area contributed by atoms with E-state index in [4.69, 9.17) is 16.6 Å². The topological polar surface area (TPSA) is 72.9 Å². The quantitative estimate of drug-likeness (QED) is 0.270. The van der Waals surface area contributed by atoms with Gasteiger partial charge < -0.3 is 15.1 Å². The summed E-state index contributed by atoms with van der Waals surface area (Å²) in [5, 5.41) is 8.09. The van der Waals surface area contributed by atoms with Gasteiger partial charge in [0.1, 0.15) is 11.6 Å². The first-order valence-electron chi connectivity index (χ1n) is 15.7. The molecular formula is C34H49ClFN6OP.